The molecule has 0 aromatic rings. The predicted molar refractivity (Wildman–Crippen MR) is 47.0 cm³/mol. The Hall–Kier alpha value is -0.570. The van der Waals surface area contributed by atoms with Gasteiger partial charge in [0.15, 0.2) is 0 Å². The summed E-state index contributed by atoms with van der Waals surface area (Å²) in [5.41, 5.74) is 0. The van der Waals surface area contributed by atoms with E-state index in [1.165, 1.54) is 0 Å². The third kappa shape index (κ3) is 1.78. The topological polar surface area (TPSA) is 40.5 Å². The van der Waals surface area contributed by atoms with Gasteiger partial charge in [-0.3, -0.25) is 4.79 Å². The molecule has 1 fully saturated rings. The average molecular weight is 171 g/mol. The molecule has 3 unspecified atom stereocenters. The van der Waals surface area contributed by atoms with Crippen molar-refractivity contribution in [2.75, 3.05) is 13.6 Å². The third-order valence-electron chi connectivity index (χ3n) is 3.03. The van der Waals surface area contributed by atoms with Gasteiger partial charge in [0.2, 0.25) is 0 Å². The van der Waals surface area contributed by atoms with Crippen LogP contribution in [0.25, 0.3) is 0 Å². The van der Waals surface area contributed by atoms with E-state index in [0.29, 0.717) is 18.5 Å². The Kier molecular flexibility index (Phi) is 2.73. The fourth-order valence-electron chi connectivity index (χ4n) is 1.85. The Morgan fingerprint density at radius 3 is 2.50 bits per heavy atom. The van der Waals surface area contributed by atoms with Crippen LogP contribution < -0.4 is 0 Å². The summed E-state index contributed by atoms with van der Waals surface area (Å²) in [6, 6.07) is 0.514. The highest BCUT2D eigenvalue weighted by molar-refractivity contribution is 5.70. The zero-order chi connectivity index (χ0) is 9.30. The van der Waals surface area contributed by atoms with Crippen LogP contribution in [0.4, 0.5) is 0 Å². The largest absolute Gasteiger partial charge is 0.481 e. The quantitative estimate of drug-likeness (QED) is 0.641. The van der Waals surface area contributed by atoms with Crippen LogP contribution in [0.1, 0.15) is 20.3 Å². The second kappa shape index (κ2) is 3.44. The lowest BCUT2D eigenvalue weighted by Gasteiger charge is -2.38. The highest BCUT2D eigenvalue weighted by Crippen LogP contribution is 2.25. The molecule has 0 bridgehead atoms. The number of nitrogens with zero attached hydrogens (tertiary/aromatic N) is 1. The highest BCUT2D eigenvalue weighted by Gasteiger charge is 2.32. The van der Waals surface area contributed by atoms with Crippen LogP contribution in [0.15, 0.2) is 0 Å². The SMILES string of the molecule is CC1CC(C(=O)O)CN(C)C1C. The maximum Gasteiger partial charge on any atom is 0.307 e. The Morgan fingerprint density at radius 1 is 1.50 bits per heavy atom. The molecule has 0 aliphatic carbocycles. The van der Waals surface area contributed by atoms with Gasteiger partial charge in [-0.1, -0.05) is 6.92 Å². The Labute approximate surface area is 73.4 Å². The van der Waals surface area contributed by atoms with Gasteiger partial charge in [0.25, 0.3) is 0 Å². The van der Waals surface area contributed by atoms with Crippen LogP contribution in [0, 0.1) is 11.8 Å². The maximum absolute atomic E-state index is 10.7. The number of aliphatic carboxylic acids is 1. The van der Waals surface area contributed by atoms with Crippen molar-refractivity contribution in [1.29, 1.82) is 0 Å². The van der Waals surface area contributed by atoms with Crippen molar-refractivity contribution >= 4 is 5.97 Å². The fourth-order valence-corrected chi connectivity index (χ4v) is 1.85. The molecule has 3 heteroatoms. The molecule has 70 valence electrons. The van der Waals surface area contributed by atoms with Gasteiger partial charge < -0.3 is 10.0 Å². The van der Waals surface area contributed by atoms with E-state index >= 15 is 0 Å². The smallest absolute Gasteiger partial charge is 0.307 e. The molecule has 1 heterocycles. The van der Waals surface area contributed by atoms with Crippen molar-refractivity contribution in [3.63, 3.8) is 0 Å². The van der Waals surface area contributed by atoms with Crippen molar-refractivity contribution in [3.8, 4) is 0 Å². The average Bonchev–Trinajstić information content (AvgIpc) is 1.99. The summed E-state index contributed by atoms with van der Waals surface area (Å²) in [6.45, 7) is 4.97. The number of carbonyl (C=O) groups is 1. The summed E-state index contributed by atoms with van der Waals surface area (Å²) >= 11 is 0. The van der Waals surface area contributed by atoms with Crippen LogP contribution in [0.3, 0.4) is 0 Å². The number of piperidine rings is 1. The summed E-state index contributed by atoms with van der Waals surface area (Å²) in [5.74, 6) is -0.327. The lowest BCUT2D eigenvalue weighted by molar-refractivity contribution is -0.144. The van der Waals surface area contributed by atoms with E-state index < -0.39 is 5.97 Å². The van der Waals surface area contributed by atoms with E-state index in [4.69, 9.17) is 5.11 Å². The minimum atomic E-state index is -0.652. The molecule has 1 N–H and O–H groups in total. The summed E-state index contributed by atoms with van der Waals surface area (Å²) in [7, 11) is 2.00. The molecular formula is C9H17NO2. The number of carboxylic acid groups (broad SMARTS) is 1. The van der Waals surface area contributed by atoms with Crippen molar-refractivity contribution < 1.29 is 9.90 Å². The van der Waals surface area contributed by atoms with Gasteiger partial charge in [0.1, 0.15) is 0 Å². The van der Waals surface area contributed by atoms with Crippen LogP contribution in [0.2, 0.25) is 0 Å². The summed E-state index contributed by atoms with van der Waals surface area (Å²) < 4.78 is 0. The minimum absolute atomic E-state index is 0.166. The van der Waals surface area contributed by atoms with Gasteiger partial charge in [-0.25, -0.2) is 0 Å². The molecular weight excluding hydrogens is 154 g/mol. The van der Waals surface area contributed by atoms with E-state index in [2.05, 4.69) is 18.7 Å². The number of rotatable bonds is 1. The number of carboxylic acids is 1. The molecule has 0 amide bonds. The van der Waals surface area contributed by atoms with Crippen molar-refractivity contribution in [1.82, 2.24) is 4.90 Å². The van der Waals surface area contributed by atoms with Gasteiger partial charge in [-0.15, -0.1) is 0 Å². The summed E-state index contributed by atoms with van der Waals surface area (Å²) in [5, 5.41) is 8.83. The number of hydrogen-bond donors (Lipinski definition) is 1. The van der Waals surface area contributed by atoms with Gasteiger partial charge in [0.05, 0.1) is 5.92 Å². The molecule has 0 aromatic heterocycles. The van der Waals surface area contributed by atoms with Crippen molar-refractivity contribution in [2.24, 2.45) is 11.8 Å². The van der Waals surface area contributed by atoms with E-state index in [0.717, 1.165) is 6.42 Å². The Balaban J connectivity index is 2.59. The standard InChI is InChI=1S/C9H17NO2/c1-6-4-8(9(11)12)5-10(3)7(6)2/h6-8H,4-5H2,1-3H3,(H,11,12). The lowest BCUT2D eigenvalue weighted by atomic mass is 9.85. The lowest BCUT2D eigenvalue weighted by Crippen LogP contribution is -2.46. The van der Waals surface area contributed by atoms with Crippen molar-refractivity contribution in [3.05, 3.63) is 0 Å². The number of hydrogen-bond acceptors (Lipinski definition) is 2. The summed E-state index contributed by atoms with van der Waals surface area (Å²) in [4.78, 5) is 12.9. The summed E-state index contributed by atoms with van der Waals surface area (Å²) in [6.07, 6.45) is 0.820. The van der Waals surface area contributed by atoms with Gasteiger partial charge in [-0.2, -0.15) is 0 Å². The molecule has 1 rings (SSSR count). The predicted octanol–water partition coefficient (Wildman–Crippen LogP) is 1.05. The zero-order valence-corrected chi connectivity index (χ0v) is 7.95. The van der Waals surface area contributed by atoms with Gasteiger partial charge in [0, 0.05) is 12.6 Å². The third-order valence-corrected chi connectivity index (χ3v) is 3.03. The number of likely N-dealkylation sites (tertiary alicyclic amines) is 1. The molecule has 12 heavy (non-hydrogen) atoms. The first kappa shape index (κ1) is 9.52. The van der Waals surface area contributed by atoms with Gasteiger partial charge >= 0.3 is 5.97 Å². The first-order valence-corrected chi connectivity index (χ1v) is 4.45. The van der Waals surface area contributed by atoms with Crippen LogP contribution in [-0.2, 0) is 4.79 Å². The zero-order valence-electron chi connectivity index (χ0n) is 7.95. The van der Waals surface area contributed by atoms with Crippen LogP contribution in [-0.4, -0.2) is 35.6 Å². The van der Waals surface area contributed by atoms with E-state index in [1.54, 1.807) is 0 Å². The molecule has 0 radical (unpaired) electrons. The normalized spacial score (nSPS) is 38.1. The molecule has 1 saturated heterocycles. The molecule has 1 aliphatic rings. The highest BCUT2D eigenvalue weighted by atomic mass is 16.4. The van der Waals surface area contributed by atoms with E-state index in [1.807, 2.05) is 7.05 Å². The minimum Gasteiger partial charge on any atom is -0.481 e. The molecule has 3 atom stereocenters. The van der Waals surface area contributed by atoms with Gasteiger partial charge in [-0.05, 0) is 26.3 Å². The first-order valence-electron chi connectivity index (χ1n) is 4.45. The molecule has 1 aliphatic heterocycles. The monoisotopic (exact) mass is 171 g/mol. The van der Waals surface area contributed by atoms with Crippen LogP contribution in [0.5, 0.6) is 0 Å². The Morgan fingerprint density at radius 2 is 2.08 bits per heavy atom. The first-order chi connectivity index (χ1) is 5.52. The Bertz CT molecular complexity index is 169. The fraction of sp³-hybridized carbons (Fsp3) is 0.889. The molecule has 3 nitrogen and oxygen atoms in total. The second-order valence-corrected chi connectivity index (χ2v) is 3.93. The maximum atomic E-state index is 10.7. The molecule has 0 aromatic carbocycles. The van der Waals surface area contributed by atoms with Crippen LogP contribution >= 0.6 is 0 Å². The van der Waals surface area contributed by atoms with Crippen molar-refractivity contribution in [2.45, 2.75) is 26.3 Å². The molecule has 0 saturated carbocycles. The molecule has 0 spiro atoms. The second-order valence-electron chi connectivity index (χ2n) is 3.93. The van der Waals surface area contributed by atoms with E-state index in [-0.39, 0.29) is 5.92 Å². The van der Waals surface area contributed by atoms with E-state index in [9.17, 15) is 4.79 Å².